The van der Waals surface area contributed by atoms with Gasteiger partial charge in [0.05, 0.1) is 10.0 Å². The lowest BCUT2D eigenvalue weighted by atomic mass is 9.97. The average Bonchev–Trinajstić information content (AvgIpc) is 2.86. The maximum Gasteiger partial charge on any atom is 0.156 e. The van der Waals surface area contributed by atoms with Gasteiger partial charge in [0.15, 0.2) is 5.75 Å². The molecule has 0 aromatic heterocycles. The van der Waals surface area contributed by atoms with Crippen LogP contribution in [-0.2, 0) is 0 Å². The first-order valence-electron chi connectivity index (χ1n) is 6.53. The van der Waals surface area contributed by atoms with Gasteiger partial charge in [0.1, 0.15) is 6.10 Å². The average molecular weight is 288 g/mol. The van der Waals surface area contributed by atoms with Gasteiger partial charge in [-0.05, 0) is 31.5 Å². The number of para-hydroxylation sites is 1. The molecule has 0 radical (unpaired) electrons. The van der Waals surface area contributed by atoms with Crippen LogP contribution in [0.1, 0.15) is 26.2 Å². The third-order valence-corrected chi connectivity index (χ3v) is 3.98. The summed E-state index contributed by atoms with van der Waals surface area (Å²) in [4.78, 5) is 0. The molecule has 100 valence electrons. The SMILES string of the molecule is CCC[C@@H](Oc1c(Cl)cccc1Cl)[C@H]1CCNC1. The Morgan fingerprint density at radius 2 is 2.11 bits per heavy atom. The molecule has 0 bridgehead atoms. The molecule has 1 N–H and O–H groups in total. The molecule has 1 saturated heterocycles. The van der Waals surface area contributed by atoms with Crippen LogP contribution in [0.2, 0.25) is 10.0 Å². The summed E-state index contributed by atoms with van der Waals surface area (Å²) in [6.45, 7) is 4.27. The van der Waals surface area contributed by atoms with Gasteiger partial charge in [0.25, 0.3) is 0 Å². The number of benzene rings is 1. The van der Waals surface area contributed by atoms with Crippen molar-refractivity contribution in [3.63, 3.8) is 0 Å². The Balaban J connectivity index is 2.12. The molecule has 0 saturated carbocycles. The molecule has 2 nitrogen and oxygen atoms in total. The van der Waals surface area contributed by atoms with Crippen LogP contribution in [0.3, 0.4) is 0 Å². The van der Waals surface area contributed by atoms with Gasteiger partial charge < -0.3 is 10.1 Å². The minimum absolute atomic E-state index is 0.197. The van der Waals surface area contributed by atoms with E-state index >= 15 is 0 Å². The van der Waals surface area contributed by atoms with Crippen LogP contribution in [0.4, 0.5) is 0 Å². The molecule has 0 spiro atoms. The quantitative estimate of drug-likeness (QED) is 0.878. The first-order chi connectivity index (χ1) is 8.72. The van der Waals surface area contributed by atoms with Crippen molar-refractivity contribution in [2.24, 2.45) is 5.92 Å². The van der Waals surface area contributed by atoms with Crippen LogP contribution in [0.5, 0.6) is 5.75 Å². The topological polar surface area (TPSA) is 21.3 Å². The molecule has 0 unspecified atom stereocenters. The first kappa shape index (κ1) is 14.0. The summed E-state index contributed by atoms with van der Waals surface area (Å²) >= 11 is 12.3. The first-order valence-corrected chi connectivity index (χ1v) is 7.29. The molecular formula is C14H19Cl2NO. The van der Waals surface area contributed by atoms with Gasteiger partial charge in [-0.2, -0.15) is 0 Å². The van der Waals surface area contributed by atoms with E-state index in [4.69, 9.17) is 27.9 Å². The Morgan fingerprint density at radius 1 is 1.39 bits per heavy atom. The predicted octanol–water partition coefficient (Wildman–Crippen LogP) is 4.15. The summed E-state index contributed by atoms with van der Waals surface area (Å²) in [7, 11) is 0. The van der Waals surface area contributed by atoms with E-state index in [1.54, 1.807) is 0 Å². The van der Waals surface area contributed by atoms with E-state index in [-0.39, 0.29) is 6.10 Å². The summed E-state index contributed by atoms with van der Waals surface area (Å²) in [6.07, 6.45) is 3.49. The van der Waals surface area contributed by atoms with Gasteiger partial charge in [-0.3, -0.25) is 0 Å². The van der Waals surface area contributed by atoms with Crippen molar-refractivity contribution in [3.05, 3.63) is 28.2 Å². The van der Waals surface area contributed by atoms with Gasteiger partial charge in [-0.25, -0.2) is 0 Å². The molecule has 1 aromatic carbocycles. The molecule has 1 fully saturated rings. The minimum atomic E-state index is 0.197. The zero-order valence-corrected chi connectivity index (χ0v) is 12.1. The van der Waals surface area contributed by atoms with E-state index in [2.05, 4.69) is 12.2 Å². The third-order valence-electron chi connectivity index (χ3n) is 3.39. The number of rotatable bonds is 5. The molecule has 1 heterocycles. The number of ether oxygens (including phenoxy) is 1. The van der Waals surface area contributed by atoms with Crippen molar-refractivity contribution in [1.29, 1.82) is 0 Å². The monoisotopic (exact) mass is 287 g/mol. The van der Waals surface area contributed by atoms with Gasteiger partial charge in [-0.15, -0.1) is 0 Å². The lowest BCUT2D eigenvalue weighted by Gasteiger charge is -2.25. The highest BCUT2D eigenvalue weighted by Gasteiger charge is 2.26. The van der Waals surface area contributed by atoms with Crippen LogP contribution in [0.15, 0.2) is 18.2 Å². The second-order valence-electron chi connectivity index (χ2n) is 4.75. The lowest BCUT2D eigenvalue weighted by molar-refractivity contribution is 0.132. The van der Waals surface area contributed by atoms with Gasteiger partial charge in [0, 0.05) is 12.5 Å². The molecular weight excluding hydrogens is 269 g/mol. The van der Waals surface area contributed by atoms with Crippen LogP contribution < -0.4 is 10.1 Å². The molecule has 2 atom stereocenters. The van der Waals surface area contributed by atoms with E-state index in [0.29, 0.717) is 21.7 Å². The molecule has 18 heavy (non-hydrogen) atoms. The molecule has 2 rings (SSSR count). The Hall–Kier alpha value is -0.440. The van der Waals surface area contributed by atoms with Crippen molar-refractivity contribution in [2.75, 3.05) is 13.1 Å². The summed E-state index contributed by atoms with van der Waals surface area (Å²) in [6, 6.07) is 5.47. The number of halogens is 2. The molecule has 0 amide bonds. The molecule has 4 heteroatoms. The third kappa shape index (κ3) is 3.31. The fourth-order valence-corrected chi connectivity index (χ4v) is 2.90. The maximum absolute atomic E-state index is 6.16. The van der Waals surface area contributed by atoms with E-state index < -0.39 is 0 Å². The van der Waals surface area contributed by atoms with Crippen LogP contribution in [0, 0.1) is 5.92 Å². The zero-order valence-electron chi connectivity index (χ0n) is 10.6. The van der Waals surface area contributed by atoms with Gasteiger partial charge in [0.2, 0.25) is 0 Å². The standard InChI is InChI=1S/C14H19Cl2NO/c1-2-4-13(10-7-8-17-9-10)18-14-11(15)5-3-6-12(14)16/h3,5-6,10,13,17H,2,4,7-9H2,1H3/t10-,13+/m0/s1. The number of hydrogen-bond acceptors (Lipinski definition) is 2. The molecule has 1 aliphatic heterocycles. The molecule has 1 aromatic rings. The number of hydrogen-bond donors (Lipinski definition) is 1. The van der Waals surface area contributed by atoms with Crippen LogP contribution >= 0.6 is 23.2 Å². The van der Waals surface area contributed by atoms with Crippen molar-refractivity contribution >= 4 is 23.2 Å². The molecule has 0 aliphatic carbocycles. The van der Waals surface area contributed by atoms with Crippen LogP contribution in [0.25, 0.3) is 0 Å². The van der Waals surface area contributed by atoms with E-state index in [1.165, 1.54) is 0 Å². The van der Waals surface area contributed by atoms with Crippen molar-refractivity contribution in [1.82, 2.24) is 5.32 Å². The highest BCUT2D eigenvalue weighted by atomic mass is 35.5. The highest BCUT2D eigenvalue weighted by molar-refractivity contribution is 6.37. The fourth-order valence-electron chi connectivity index (χ4n) is 2.42. The zero-order chi connectivity index (χ0) is 13.0. The van der Waals surface area contributed by atoms with Gasteiger partial charge >= 0.3 is 0 Å². The second kappa shape index (κ2) is 6.65. The summed E-state index contributed by atoms with van der Waals surface area (Å²) in [5, 5.41) is 4.56. The van der Waals surface area contributed by atoms with E-state index in [0.717, 1.165) is 32.4 Å². The van der Waals surface area contributed by atoms with Crippen molar-refractivity contribution < 1.29 is 4.74 Å². The highest BCUT2D eigenvalue weighted by Crippen LogP contribution is 2.35. The summed E-state index contributed by atoms with van der Waals surface area (Å²) in [5.41, 5.74) is 0. The second-order valence-corrected chi connectivity index (χ2v) is 5.56. The van der Waals surface area contributed by atoms with Crippen molar-refractivity contribution in [3.8, 4) is 5.75 Å². The largest absolute Gasteiger partial charge is 0.487 e. The Labute approximate surface area is 119 Å². The lowest BCUT2D eigenvalue weighted by Crippen LogP contribution is -2.28. The van der Waals surface area contributed by atoms with E-state index in [9.17, 15) is 0 Å². The fraction of sp³-hybridized carbons (Fsp3) is 0.571. The van der Waals surface area contributed by atoms with Gasteiger partial charge in [-0.1, -0.05) is 42.6 Å². The Bertz CT molecular complexity index is 371. The number of nitrogens with one attached hydrogen (secondary N) is 1. The van der Waals surface area contributed by atoms with Crippen molar-refractivity contribution in [2.45, 2.75) is 32.3 Å². The summed E-state index contributed by atoms with van der Waals surface area (Å²) in [5.74, 6) is 1.18. The normalized spacial score (nSPS) is 20.9. The Morgan fingerprint density at radius 3 is 2.67 bits per heavy atom. The molecule has 1 aliphatic rings. The van der Waals surface area contributed by atoms with Crippen LogP contribution in [-0.4, -0.2) is 19.2 Å². The minimum Gasteiger partial charge on any atom is -0.487 e. The maximum atomic E-state index is 6.16. The Kier molecular flexibility index (Phi) is 5.16. The summed E-state index contributed by atoms with van der Waals surface area (Å²) < 4.78 is 6.10. The van der Waals surface area contributed by atoms with E-state index in [1.807, 2.05) is 18.2 Å². The smallest absolute Gasteiger partial charge is 0.156 e. The predicted molar refractivity (Wildman–Crippen MR) is 76.8 cm³/mol.